The number of benzene rings is 6. The molecule has 2 aliphatic heterocycles. The minimum Gasteiger partial charge on any atom is -0.276 e. The van der Waals surface area contributed by atoms with E-state index in [4.69, 9.17) is 0 Å². The molecule has 2 aliphatic rings. The van der Waals surface area contributed by atoms with Crippen molar-refractivity contribution in [1.29, 1.82) is 0 Å². The fourth-order valence-corrected chi connectivity index (χ4v) is 52.7. The Hall–Kier alpha value is -0.420. The Morgan fingerprint density at radius 2 is 0.303 bits per heavy atom. The summed E-state index contributed by atoms with van der Waals surface area (Å²) in [6, 6.07) is 39.5. The predicted octanol–water partition coefficient (Wildman–Crippen LogP) is 22.5. The van der Waals surface area contributed by atoms with Crippen LogP contribution in [0.25, 0.3) is 0 Å². The van der Waals surface area contributed by atoms with Gasteiger partial charge < -0.3 is 0 Å². The molecule has 348 valence electrons. The molecule has 0 N–H and O–H groups in total. The first kappa shape index (κ1) is 53.4. The maximum absolute atomic E-state index is 4.21. The van der Waals surface area contributed by atoms with Crippen LogP contribution in [0.1, 0.15) is 66.8 Å². The fraction of sp³-hybridized carbons (Fsp3) is 0.250. The quantitative estimate of drug-likeness (QED) is 0.154. The minimum atomic E-state index is -0.849. The Balaban J connectivity index is 0.000000196. The minimum absolute atomic E-state index is 0.849. The van der Waals surface area contributed by atoms with Crippen LogP contribution in [0.5, 0.6) is 0 Å². The molecule has 2 saturated heterocycles. The van der Waals surface area contributed by atoms with Gasteiger partial charge in [0.25, 0.3) is 0 Å². The van der Waals surface area contributed by atoms with Gasteiger partial charge in [-0.25, -0.2) is 0 Å². The molecule has 2 fully saturated rings. The fourth-order valence-electron chi connectivity index (χ4n) is 8.56. The number of halogens is 6. The lowest BCUT2D eigenvalue weighted by atomic mass is 10.1. The van der Waals surface area contributed by atoms with E-state index in [1.165, 1.54) is 101 Å². The predicted molar refractivity (Wildman–Crippen MR) is 325 cm³/mol. The Morgan fingerprint density at radius 1 is 0.212 bits per heavy atom. The molecule has 2 heterocycles. The van der Waals surface area contributed by atoms with E-state index in [1.807, 2.05) is 0 Å². The lowest BCUT2D eigenvalue weighted by Crippen LogP contribution is -2.33. The van der Waals surface area contributed by atoms with Crippen LogP contribution in [0.3, 0.4) is 0 Å². The third-order valence-electron chi connectivity index (χ3n) is 11.7. The first-order valence-electron chi connectivity index (χ1n) is 21.2. The van der Waals surface area contributed by atoms with Crippen molar-refractivity contribution in [3.8, 4) is 0 Å². The van der Waals surface area contributed by atoms with Gasteiger partial charge in [0.2, 0.25) is 0 Å². The molecule has 0 saturated carbocycles. The summed E-state index contributed by atoms with van der Waals surface area (Å²) >= 11 is 25.3. The summed E-state index contributed by atoms with van der Waals surface area (Å²) in [5.74, 6) is 0. The Morgan fingerprint density at radius 3 is 0.394 bits per heavy atom. The molecule has 0 amide bonds. The van der Waals surface area contributed by atoms with E-state index in [0.29, 0.717) is 0 Å². The van der Waals surface area contributed by atoms with Crippen LogP contribution in [0, 0.1) is 83.1 Å². The molecule has 0 aromatic heterocycles. The molecule has 6 nitrogen and oxygen atoms in total. The van der Waals surface area contributed by atoms with Crippen molar-refractivity contribution in [2.75, 3.05) is 26.6 Å². The lowest BCUT2D eigenvalue weighted by molar-refractivity contribution is 1.30. The summed E-state index contributed by atoms with van der Waals surface area (Å²) in [4.78, 5) is 0. The highest BCUT2D eigenvalue weighted by atomic mass is 79.9. The van der Waals surface area contributed by atoms with E-state index in [0.717, 1.165) is 0 Å². The SMILES string of the molecule is Cc1cccc(C)c1N1P(Br)N(c2c(C)cccc2C)P(Br)N(c2c(C)cccc2C)P1Br.Cc1cccc(C)c1N1P(Br)N(c2c(C)cccc2C)P(Br)N(c2c(C)cccc2C)P1Br. The third kappa shape index (κ3) is 10.3. The van der Waals surface area contributed by atoms with Crippen LogP contribution in [0.4, 0.5) is 34.1 Å². The Kier molecular flexibility index (Phi) is 18.2. The zero-order chi connectivity index (χ0) is 48.0. The maximum Gasteiger partial charge on any atom is 0.180 e. The molecule has 0 spiro atoms. The van der Waals surface area contributed by atoms with Crippen LogP contribution < -0.4 is 26.6 Å². The monoisotopic (exact) mass is 1370 g/mol. The summed E-state index contributed by atoms with van der Waals surface area (Å²) in [5.41, 5.74) is 23.3. The number of rotatable bonds is 6. The van der Waals surface area contributed by atoms with Crippen molar-refractivity contribution in [2.24, 2.45) is 0 Å². The van der Waals surface area contributed by atoms with Crippen LogP contribution in [-0.2, 0) is 0 Å². The van der Waals surface area contributed by atoms with Crippen LogP contribution >= 0.6 is 134 Å². The molecular formula is C48H54Br6N6P6. The number of aryl methyl sites for hydroxylation is 12. The average Bonchev–Trinajstić information content (AvgIpc) is 3.24. The molecule has 0 unspecified atom stereocenters. The van der Waals surface area contributed by atoms with Crippen LogP contribution in [0.15, 0.2) is 109 Å². The average molecular weight is 1380 g/mol. The largest absolute Gasteiger partial charge is 0.276 e. The molecular weight excluding hydrogens is 1330 g/mol. The van der Waals surface area contributed by atoms with Crippen molar-refractivity contribution >= 4 is 169 Å². The molecule has 0 aliphatic carbocycles. The standard InChI is InChI=1S/2C24H27Br3N3P3/c2*1-16-10-7-11-17(2)22(16)28-31(25)29(23-18(3)12-8-13-19(23)4)33(27)30(32(28)26)24-20(5)14-9-15-21(24)6/h2*7-15H,1-6H3. The highest BCUT2D eigenvalue weighted by molar-refractivity contribution is 9.46. The molecule has 0 bridgehead atoms. The topological polar surface area (TPSA) is 19.4 Å². The summed E-state index contributed by atoms with van der Waals surface area (Å²) in [6.07, 6.45) is 0. The van der Waals surface area contributed by atoms with Crippen molar-refractivity contribution in [2.45, 2.75) is 83.1 Å². The van der Waals surface area contributed by atoms with E-state index in [1.54, 1.807) is 0 Å². The van der Waals surface area contributed by atoms with E-state index in [-0.39, 0.29) is 0 Å². The summed E-state index contributed by atoms with van der Waals surface area (Å²) in [5, 5.41) is 0. The zero-order valence-electron chi connectivity index (χ0n) is 39.0. The van der Waals surface area contributed by atoms with Gasteiger partial charge in [-0.15, -0.1) is 0 Å². The van der Waals surface area contributed by atoms with Crippen molar-refractivity contribution < 1.29 is 0 Å². The van der Waals surface area contributed by atoms with Gasteiger partial charge in [-0.2, -0.15) is 0 Å². The first-order chi connectivity index (χ1) is 31.3. The molecule has 6 aromatic carbocycles. The smallest absolute Gasteiger partial charge is 0.180 e. The maximum atomic E-state index is 4.21. The second-order valence-corrected chi connectivity index (χ2v) is 37.6. The third-order valence-corrected chi connectivity index (χ3v) is 44.2. The number of hydrogen-bond acceptors (Lipinski definition) is 6. The second-order valence-electron chi connectivity index (χ2n) is 16.6. The summed E-state index contributed by atoms with van der Waals surface area (Å²) in [6.45, 7) is 21.5. The molecule has 0 atom stereocenters. The van der Waals surface area contributed by atoms with Crippen molar-refractivity contribution in [1.82, 2.24) is 0 Å². The van der Waals surface area contributed by atoms with E-state index in [2.05, 4.69) is 312 Å². The van der Waals surface area contributed by atoms with Crippen LogP contribution in [-0.4, -0.2) is 0 Å². The van der Waals surface area contributed by atoms with Crippen molar-refractivity contribution in [3.63, 3.8) is 0 Å². The van der Waals surface area contributed by atoms with E-state index < -0.39 is 41.6 Å². The van der Waals surface area contributed by atoms with Gasteiger partial charge in [0.15, 0.2) is 41.6 Å². The highest BCUT2D eigenvalue weighted by Gasteiger charge is 2.50. The van der Waals surface area contributed by atoms with Gasteiger partial charge in [-0.1, -0.05) is 109 Å². The van der Waals surface area contributed by atoms with Gasteiger partial charge in [-0.05, 0) is 243 Å². The molecule has 8 rings (SSSR count). The zero-order valence-corrected chi connectivity index (χ0v) is 53.9. The highest BCUT2D eigenvalue weighted by Crippen LogP contribution is 2.87. The van der Waals surface area contributed by atoms with Gasteiger partial charge in [0.1, 0.15) is 0 Å². The van der Waals surface area contributed by atoms with E-state index in [9.17, 15) is 0 Å². The molecule has 0 radical (unpaired) electrons. The number of para-hydroxylation sites is 6. The summed E-state index contributed by atoms with van der Waals surface area (Å²) < 4.78 is 15.5. The number of anilines is 6. The Bertz CT molecular complexity index is 2130. The molecule has 18 heteroatoms. The number of nitrogens with zero attached hydrogens (tertiary/aromatic N) is 6. The molecule has 66 heavy (non-hydrogen) atoms. The normalized spacial score (nSPS) is 21.0. The first-order valence-corrected chi connectivity index (χ1v) is 40.8. The van der Waals surface area contributed by atoms with Crippen LogP contribution in [0.2, 0.25) is 0 Å². The van der Waals surface area contributed by atoms with Crippen molar-refractivity contribution in [3.05, 3.63) is 176 Å². The Labute approximate surface area is 449 Å². The lowest BCUT2D eigenvalue weighted by Gasteiger charge is -2.54. The molecule has 6 aromatic rings. The van der Waals surface area contributed by atoms with Gasteiger partial charge in [0, 0.05) is 0 Å². The van der Waals surface area contributed by atoms with Gasteiger partial charge in [-0.3, -0.25) is 26.6 Å². The second kappa shape index (κ2) is 22.6. The van der Waals surface area contributed by atoms with E-state index >= 15 is 0 Å². The number of hydrogen-bond donors (Lipinski definition) is 0. The van der Waals surface area contributed by atoms with Gasteiger partial charge in [0.05, 0.1) is 34.1 Å². The summed E-state index contributed by atoms with van der Waals surface area (Å²) in [7, 11) is 0. The van der Waals surface area contributed by atoms with Gasteiger partial charge >= 0.3 is 0 Å².